The quantitative estimate of drug-likeness (QED) is 0.736. The molecular formula is C18H21F3N6O. The predicted octanol–water partition coefficient (Wildman–Crippen LogP) is 3.00. The van der Waals surface area contributed by atoms with Gasteiger partial charge in [0.2, 0.25) is 5.95 Å². The molecule has 0 saturated carbocycles. The van der Waals surface area contributed by atoms with Crippen molar-refractivity contribution >= 4 is 22.5 Å². The van der Waals surface area contributed by atoms with Crippen LogP contribution in [0.15, 0.2) is 18.2 Å². The lowest BCUT2D eigenvalue weighted by atomic mass is 10.0. The SMILES string of the molecule is COc1cccc2c1nc(N)n1nc(C3CCCCN(CC(F)(F)F)C3)nc21. The van der Waals surface area contributed by atoms with Gasteiger partial charge in [0.25, 0.3) is 0 Å². The number of halogens is 3. The first-order valence-corrected chi connectivity index (χ1v) is 9.13. The molecule has 1 aliphatic rings. The van der Waals surface area contributed by atoms with Crippen molar-refractivity contribution in [2.45, 2.75) is 31.4 Å². The van der Waals surface area contributed by atoms with Gasteiger partial charge in [-0.15, -0.1) is 5.10 Å². The highest BCUT2D eigenvalue weighted by atomic mass is 19.4. The van der Waals surface area contributed by atoms with Crippen molar-refractivity contribution in [2.24, 2.45) is 0 Å². The summed E-state index contributed by atoms with van der Waals surface area (Å²) in [5.74, 6) is 1.04. The highest BCUT2D eigenvalue weighted by Crippen LogP contribution is 2.31. The first kappa shape index (κ1) is 18.7. The number of methoxy groups -OCH3 is 1. The molecule has 3 heterocycles. The number of rotatable bonds is 3. The zero-order valence-corrected chi connectivity index (χ0v) is 15.4. The fourth-order valence-electron chi connectivity index (χ4n) is 3.81. The maximum absolute atomic E-state index is 12.9. The summed E-state index contributed by atoms with van der Waals surface area (Å²) in [4.78, 5) is 10.4. The third-order valence-electron chi connectivity index (χ3n) is 5.05. The number of benzene rings is 1. The van der Waals surface area contributed by atoms with E-state index in [0.29, 0.717) is 29.3 Å². The summed E-state index contributed by atoms with van der Waals surface area (Å²) in [5, 5.41) is 5.21. The Morgan fingerprint density at radius 3 is 2.82 bits per heavy atom. The molecule has 10 heteroatoms. The van der Waals surface area contributed by atoms with Gasteiger partial charge in [0.15, 0.2) is 11.5 Å². The summed E-state index contributed by atoms with van der Waals surface area (Å²) < 4.78 is 45.4. The second-order valence-corrected chi connectivity index (χ2v) is 7.07. The second-order valence-electron chi connectivity index (χ2n) is 7.07. The highest BCUT2D eigenvalue weighted by molar-refractivity contribution is 5.95. The summed E-state index contributed by atoms with van der Waals surface area (Å²) in [6.07, 6.45) is -1.93. The molecule has 1 aliphatic heterocycles. The average Bonchev–Trinajstić information content (AvgIpc) is 2.97. The standard InChI is InChI=1S/C18H21F3N6O/c1-28-13-7-4-6-12-14(13)23-17(22)27-16(12)24-15(25-27)11-5-2-3-8-26(9-11)10-18(19,20)21/h4,6-7,11H,2-3,5,8-10H2,1H3,(H2,22,23). The first-order chi connectivity index (χ1) is 13.4. The number of nitrogens with zero attached hydrogens (tertiary/aromatic N) is 5. The molecule has 2 N–H and O–H groups in total. The maximum atomic E-state index is 12.9. The number of alkyl halides is 3. The van der Waals surface area contributed by atoms with E-state index >= 15 is 0 Å². The lowest BCUT2D eigenvalue weighted by molar-refractivity contribution is -0.146. The van der Waals surface area contributed by atoms with Gasteiger partial charge in [0.1, 0.15) is 11.3 Å². The van der Waals surface area contributed by atoms with E-state index in [1.54, 1.807) is 13.2 Å². The monoisotopic (exact) mass is 394 g/mol. The molecule has 4 rings (SSSR count). The van der Waals surface area contributed by atoms with Crippen LogP contribution in [0.4, 0.5) is 19.1 Å². The molecule has 0 spiro atoms. The fourth-order valence-corrected chi connectivity index (χ4v) is 3.81. The van der Waals surface area contributed by atoms with Crippen molar-refractivity contribution in [3.63, 3.8) is 0 Å². The highest BCUT2D eigenvalue weighted by Gasteiger charge is 2.33. The predicted molar refractivity (Wildman–Crippen MR) is 98.3 cm³/mol. The molecule has 1 aromatic carbocycles. The molecule has 0 bridgehead atoms. The van der Waals surface area contributed by atoms with E-state index < -0.39 is 12.7 Å². The summed E-state index contributed by atoms with van der Waals surface area (Å²) >= 11 is 0. The third-order valence-corrected chi connectivity index (χ3v) is 5.05. The molecule has 1 unspecified atom stereocenters. The molecule has 150 valence electrons. The van der Waals surface area contributed by atoms with E-state index in [2.05, 4.69) is 15.1 Å². The van der Waals surface area contributed by atoms with E-state index in [1.807, 2.05) is 12.1 Å². The van der Waals surface area contributed by atoms with Crippen LogP contribution in [0, 0.1) is 0 Å². The molecule has 0 radical (unpaired) electrons. The Bertz CT molecular complexity index is 1000. The molecule has 1 atom stereocenters. The van der Waals surface area contributed by atoms with Gasteiger partial charge in [0.05, 0.1) is 13.7 Å². The Kier molecular flexibility index (Phi) is 4.74. The minimum atomic E-state index is -4.22. The van der Waals surface area contributed by atoms with Crippen LogP contribution in [0.2, 0.25) is 0 Å². The molecule has 3 aromatic rings. The molecule has 1 saturated heterocycles. The zero-order valence-electron chi connectivity index (χ0n) is 15.4. The summed E-state index contributed by atoms with van der Waals surface area (Å²) in [5.41, 5.74) is 7.17. The zero-order chi connectivity index (χ0) is 19.9. The molecule has 1 fully saturated rings. The molecule has 0 aliphatic carbocycles. The van der Waals surface area contributed by atoms with Crippen LogP contribution in [-0.2, 0) is 0 Å². The van der Waals surface area contributed by atoms with E-state index in [-0.39, 0.29) is 18.4 Å². The van der Waals surface area contributed by atoms with Gasteiger partial charge in [-0.25, -0.2) is 9.97 Å². The lowest BCUT2D eigenvalue weighted by Gasteiger charge is -2.23. The number of fused-ring (bicyclic) bond motifs is 3. The van der Waals surface area contributed by atoms with Gasteiger partial charge < -0.3 is 10.5 Å². The number of para-hydroxylation sites is 1. The second kappa shape index (κ2) is 7.08. The normalized spacial score (nSPS) is 19.2. The van der Waals surface area contributed by atoms with Gasteiger partial charge in [-0.2, -0.15) is 17.7 Å². The van der Waals surface area contributed by atoms with Gasteiger partial charge in [-0.3, -0.25) is 4.90 Å². The van der Waals surface area contributed by atoms with E-state index in [1.165, 1.54) is 9.42 Å². The van der Waals surface area contributed by atoms with Gasteiger partial charge in [-0.05, 0) is 31.5 Å². The molecule has 0 amide bonds. The van der Waals surface area contributed by atoms with Crippen LogP contribution >= 0.6 is 0 Å². The summed E-state index contributed by atoms with van der Waals surface area (Å²) in [6.45, 7) is -0.223. The molecular weight excluding hydrogens is 373 g/mol. The van der Waals surface area contributed by atoms with Crippen molar-refractivity contribution in [1.29, 1.82) is 0 Å². The minimum absolute atomic E-state index is 0.159. The van der Waals surface area contributed by atoms with E-state index in [0.717, 1.165) is 24.6 Å². The number of hydrogen-bond donors (Lipinski definition) is 1. The first-order valence-electron chi connectivity index (χ1n) is 9.13. The van der Waals surface area contributed by atoms with Crippen LogP contribution in [0.5, 0.6) is 5.75 Å². The van der Waals surface area contributed by atoms with Crippen molar-refractivity contribution in [3.8, 4) is 5.75 Å². The number of hydrogen-bond acceptors (Lipinski definition) is 6. The number of likely N-dealkylation sites (tertiary alicyclic amines) is 1. The number of ether oxygens (including phenoxy) is 1. The Balaban J connectivity index is 1.74. The lowest BCUT2D eigenvalue weighted by Crippen LogP contribution is -2.36. The number of nitrogen functional groups attached to an aromatic ring is 1. The van der Waals surface area contributed by atoms with Crippen LogP contribution in [0.1, 0.15) is 31.0 Å². The van der Waals surface area contributed by atoms with Crippen molar-refractivity contribution < 1.29 is 17.9 Å². The van der Waals surface area contributed by atoms with Gasteiger partial charge in [-0.1, -0.05) is 12.5 Å². The Labute approximate surface area is 159 Å². The maximum Gasteiger partial charge on any atom is 0.401 e. The van der Waals surface area contributed by atoms with Crippen LogP contribution in [-0.4, -0.2) is 57.4 Å². The van der Waals surface area contributed by atoms with E-state index in [4.69, 9.17) is 10.5 Å². The third kappa shape index (κ3) is 3.56. The average molecular weight is 394 g/mol. The van der Waals surface area contributed by atoms with Crippen molar-refractivity contribution in [2.75, 3.05) is 32.5 Å². The van der Waals surface area contributed by atoms with Crippen LogP contribution in [0.3, 0.4) is 0 Å². The number of anilines is 1. The van der Waals surface area contributed by atoms with Crippen LogP contribution < -0.4 is 10.5 Å². The molecule has 2 aromatic heterocycles. The minimum Gasteiger partial charge on any atom is -0.494 e. The Morgan fingerprint density at radius 2 is 2.07 bits per heavy atom. The molecule has 7 nitrogen and oxygen atoms in total. The van der Waals surface area contributed by atoms with Gasteiger partial charge in [0, 0.05) is 17.8 Å². The smallest absolute Gasteiger partial charge is 0.401 e. The number of nitrogens with two attached hydrogens (primary N) is 1. The fraction of sp³-hybridized carbons (Fsp3) is 0.500. The Morgan fingerprint density at radius 1 is 1.25 bits per heavy atom. The van der Waals surface area contributed by atoms with Crippen molar-refractivity contribution in [3.05, 3.63) is 24.0 Å². The largest absolute Gasteiger partial charge is 0.494 e. The number of aromatic nitrogens is 4. The summed E-state index contributed by atoms with van der Waals surface area (Å²) in [7, 11) is 1.55. The molecule has 28 heavy (non-hydrogen) atoms. The summed E-state index contributed by atoms with van der Waals surface area (Å²) in [6, 6.07) is 5.45. The van der Waals surface area contributed by atoms with E-state index in [9.17, 15) is 13.2 Å². The van der Waals surface area contributed by atoms with Gasteiger partial charge >= 0.3 is 6.18 Å². The van der Waals surface area contributed by atoms with Crippen molar-refractivity contribution in [1.82, 2.24) is 24.5 Å². The topological polar surface area (TPSA) is 81.6 Å². The Hall–Kier alpha value is -2.62. The van der Waals surface area contributed by atoms with Crippen LogP contribution in [0.25, 0.3) is 16.6 Å².